The number of amidine groups is 1. The van der Waals surface area contributed by atoms with Crippen LogP contribution in [0.4, 0.5) is 5.69 Å². The van der Waals surface area contributed by atoms with Crippen LogP contribution < -0.4 is 5.32 Å². The van der Waals surface area contributed by atoms with Crippen molar-refractivity contribution in [3.8, 4) is 5.69 Å². The average molecular weight is 452 g/mol. The van der Waals surface area contributed by atoms with Crippen molar-refractivity contribution in [2.75, 3.05) is 0 Å². The van der Waals surface area contributed by atoms with Gasteiger partial charge in [-0.15, -0.1) is 0 Å². The Labute approximate surface area is 176 Å². The van der Waals surface area contributed by atoms with Gasteiger partial charge in [0.05, 0.1) is 10.6 Å². The molecule has 0 atom stereocenters. The number of carbonyl (C=O) groups is 1. The Kier molecular flexibility index (Phi) is 5.24. The number of nitrogens with zero attached hydrogens (tertiary/aromatic N) is 2. The van der Waals surface area contributed by atoms with Gasteiger partial charge in [-0.05, 0) is 91.3 Å². The summed E-state index contributed by atoms with van der Waals surface area (Å²) in [6, 6.07) is 18.1. The third kappa shape index (κ3) is 4.13. The molecular formula is C22H18BrN3OS. The van der Waals surface area contributed by atoms with Crippen LogP contribution in [0.5, 0.6) is 0 Å². The number of amides is 1. The Morgan fingerprint density at radius 1 is 1.07 bits per heavy atom. The average Bonchev–Trinajstić information content (AvgIpc) is 3.22. The zero-order valence-electron chi connectivity index (χ0n) is 15.4. The zero-order valence-corrected chi connectivity index (χ0v) is 17.8. The fourth-order valence-corrected chi connectivity index (χ4v) is 4.19. The van der Waals surface area contributed by atoms with Crippen LogP contribution in [-0.2, 0) is 4.79 Å². The summed E-state index contributed by atoms with van der Waals surface area (Å²) >= 11 is 4.82. The highest BCUT2D eigenvalue weighted by Crippen LogP contribution is 2.29. The van der Waals surface area contributed by atoms with E-state index in [1.807, 2.05) is 79.2 Å². The van der Waals surface area contributed by atoms with Crippen molar-refractivity contribution in [1.29, 1.82) is 0 Å². The summed E-state index contributed by atoms with van der Waals surface area (Å²) in [5, 5.41) is 3.46. The Bertz CT molecular complexity index is 1090. The van der Waals surface area contributed by atoms with Crippen molar-refractivity contribution >= 4 is 50.5 Å². The number of rotatable bonds is 3. The molecule has 1 fully saturated rings. The second-order valence-corrected chi connectivity index (χ2v) is 8.55. The fourth-order valence-electron chi connectivity index (χ4n) is 3.10. The minimum absolute atomic E-state index is 0.128. The molecule has 3 aromatic rings. The molecule has 0 unspecified atom stereocenters. The Balaban J connectivity index is 1.62. The number of hydrogen-bond donors (Lipinski definition) is 1. The molecule has 1 aliphatic heterocycles. The summed E-state index contributed by atoms with van der Waals surface area (Å²) in [5.74, 6) is -0.128. The largest absolute Gasteiger partial charge is 0.317 e. The molecule has 4 nitrogen and oxygen atoms in total. The number of aryl methyl sites for hydroxylation is 2. The van der Waals surface area contributed by atoms with E-state index in [0.29, 0.717) is 10.1 Å². The minimum Gasteiger partial charge on any atom is -0.317 e. The van der Waals surface area contributed by atoms with E-state index in [4.69, 9.17) is 0 Å². The number of carbonyl (C=O) groups excluding carboxylic acids is 1. The summed E-state index contributed by atoms with van der Waals surface area (Å²) in [5.41, 5.74) is 5.12. The maximum atomic E-state index is 12.4. The van der Waals surface area contributed by atoms with Gasteiger partial charge in [0.25, 0.3) is 5.91 Å². The normalized spacial score (nSPS) is 16.8. The molecule has 1 N–H and O–H groups in total. The van der Waals surface area contributed by atoms with E-state index in [9.17, 15) is 4.79 Å². The summed E-state index contributed by atoms with van der Waals surface area (Å²) in [6.07, 6.45) is 3.88. The van der Waals surface area contributed by atoms with E-state index in [1.165, 1.54) is 11.8 Å². The number of aromatic nitrogens is 1. The van der Waals surface area contributed by atoms with E-state index in [-0.39, 0.29) is 5.91 Å². The minimum atomic E-state index is -0.128. The van der Waals surface area contributed by atoms with Crippen LogP contribution in [-0.4, -0.2) is 15.6 Å². The molecule has 1 amide bonds. The summed E-state index contributed by atoms with van der Waals surface area (Å²) in [7, 11) is 0. The topological polar surface area (TPSA) is 46.4 Å². The van der Waals surface area contributed by atoms with Gasteiger partial charge in [-0.2, -0.15) is 0 Å². The van der Waals surface area contributed by atoms with Gasteiger partial charge in [-0.3, -0.25) is 4.79 Å². The van der Waals surface area contributed by atoms with Crippen LogP contribution in [0, 0.1) is 13.8 Å². The van der Waals surface area contributed by atoms with E-state index in [1.54, 1.807) is 0 Å². The second kappa shape index (κ2) is 7.81. The molecule has 0 radical (unpaired) electrons. The van der Waals surface area contributed by atoms with E-state index < -0.39 is 0 Å². The Morgan fingerprint density at radius 3 is 2.50 bits per heavy atom. The lowest BCUT2D eigenvalue weighted by Gasteiger charge is -2.07. The van der Waals surface area contributed by atoms with Crippen LogP contribution in [0.15, 0.2) is 75.2 Å². The first-order valence-electron chi connectivity index (χ1n) is 8.79. The zero-order chi connectivity index (χ0) is 19.7. The number of thioether (sulfide) groups is 1. The monoisotopic (exact) mass is 451 g/mol. The number of hydrogen-bond acceptors (Lipinski definition) is 3. The molecule has 0 spiro atoms. The van der Waals surface area contributed by atoms with Gasteiger partial charge in [0.2, 0.25) is 0 Å². The lowest BCUT2D eigenvalue weighted by Crippen LogP contribution is -2.19. The number of aliphatic imine (C=N–C) groups is 1. The number of halogens is 1. The molecular weight excluding hydrogens is 434 g/mol. The number of benzene rings is 2. The van der Waals surface area contributed by atoms with Crippen LogP contribution >= 0.6 is 27.7 Å². The van der Waals surface area contributed by atoms with Crippen molar-refractivity contribution in [2.24, 2.45) is 4.99 Å². The van der Waals surface area contributed by atoms with E-state index in [2.05, 4.69) is 32.3 Å². The quantitative estimate of drug-likeness (QED) is 0.515. The molecule has 1 aliphatic rings. The summed E-state index contributed by atoms with van der Waals surface area (Å²) in [6.45, 7) is 4.08. The first-order valence-corrected chi connectivity index (χ1v) is 10.4. The molecule has 2 heterocycles. The van der Waals surface area contributed by atoms with Gasteiger partial charge >= 0.3 is 0 Å². The van der Waals surface area contributed by atoms with Crippen molar-refractivity contribution in [3.05, 3.63) is 87.0 Å². The standard InChI is InChI=1S/C22H18BrN3OS/c1-14-10-15(2)12-17(11-14)24-22-25-21(27)20(28-22)13-19-4-3-9-26(19)18-7-5-16(23)6-8-18/h3-13H,1-2H3,(H,24,25,27)/b20-13-. The van der Waals surface area contributed by atoms with Gasteiger partial charge in [-0.1, -0.05) is 22.0 Å². The van der Waals surface area contributed by atoms with E-state index >= 15 is 0 Å². The van der Waals surface area contributed by atoms with Crippen molar-refractivity contribution in [1.82, 2.24) is 9.88 Å². The third-order valence-corrected chi connectivity index (χ3v) is 5.69. The molecule has 6 heteroatoms. The molecule has 2 aromatic carbocycles. The Morgan fingerprint density at radius 2 is 1.79 bits per heavy atom. The van der Waals surface area contributed by atoms with Crippen LogP contribution in [0.1, 0.15) is 16.8 Å². The molecule has 28 heavy (non-hydrogen) atoms. The molecule has 4 rings (SSSR count). The third-order valence-electron chi connectivity index (χ3n) is 4.25. The summed E-state index contributed by atoms with van der Waals surface area (Å²) in [4.78, 5) is 17.7. The Hall–Kier alpha value is -2.57. The molecule has 1 saturated heterocycles. The highest BCUT2D eigenvalue weighted by molar-refractivity contribution is 9.10. The molecule has 0 aliphatic carbocycles. The first-order chi connectivity index (χ1) is 13.5. The molecule has 1 aromatic heterocycles. The van der Waals surface area contributed by atoms with Crippen LogP contribution in [0.25, 0.3) is 11.8 Å². The SMILES string of the molecule is Cc1cc(C)cc(N=C2NC(=O)/C(=C/c3cccn3-c3ccc(Br)cc3)S2)c1. The predicted molar refractivity (Wildman–Crippen MR) is 120 cm³/mol. The maximum Gasteiger partial charge on any atom is 0.264 e. The highest BCUT2D eigenvalue weighted by Gasteiger charge is 2.24. The molecule has 140 valence electrons. The van der Waals surface area contributed by atoms with Gasteiger partial charge < -0.3 is 9.88 Å². The smallest absolute Gasteiger partial charge is 0.264 e. The van der Waals surface area contributed by atoms with E-state index in [0.717, 1.165) is 32.7 Å². The lowest BCUT2D eigenvalue weighted by molar-refractivity contribution is -0.115. The predicted octanol–water partition coefficient (Wildman–Crippen LogP) is 5.75. The van der Waals surface area contributed by atoms with Gasteiger partial charge in [0.15, 0.2) is 5.17 Å². The second-order valence-electron chi connectivity index (χ2n) is 6.61. The van der Waals surface area contributed by atoms with Crippen LogP contribution in [0.2, 0.25) is 0 Å². The molecule has 0 saturated carbocycles. The van der Waals surface area contributed by atoms with Crippen LogP contribution in [0.3, 0.4) is 0 Å². The van der Waals surface area contributed by atoms with Gasteiger partial charge in [0, 0.05) is 22.1 Å². The molecule has 0 bridgehead atoms. The van der Waals surface area contributed by atoms with Crippen molar-refractivity contribution in [3.63, 3.8) is 0 Å². The fraction of sp³-hybridized carbons (Fsp3) is 0.0909. The van der Waals surface area contributed by atoms with Gasteiger partial charge in [-0.25, -0.2) is 4.99 Å². The lowest BCUT2D eigenvalue weighted by atomic mass is 10.1. The maximum absolute atomic E-state index is 12.4. The van der Waals surface area contributed by atoms with Gasteiger partial charge in [0.1, 0.15) is 0 Å². The van der Waals surface area contributed by atoms with Crippen molar-refractivity contribution < 1.29 is 4.79 Å². The number of nitrogens with one attached hydrogen (secondary N) is 1. The highest BCUT2D eigenvalue weighted by atomic mass is 79.9. The first kappa shape index (κ1) is 18.8. The van der Waals surface area contributed by atoms with Crippen molar-refractivity contribution in [2.45, 2.75) is 13.8 Å². The summed E-state index contributed by atoms with van der Waals surface area (Å²) < 4.78 is 3.08.